The van der Waals surface area contributed by atoms with Gasteiger partial charge in [0.15, 0.2) is 12.4 Å². The number of aromatic nitrogens is 1. The number of aryl methyl sites for hydroxylation is 1. The average Bonchev–Trinajstić information content (AvgIpc) is 3.11. The highest BCUT2D eigenvalue weighted by atomic mass is 16.5. The number of piperazine rings is 1. The lowest BCUT2D eigenvalue weighted by Gasteiger charge is -2.34. The summed E-state index contributed by atoms with van der Waals surface area (Å²) >= 11 is 0. The third-order valence-corrected chi connectivity index (χ3v) is 4.74. The van der Waals surface area contributed by atoms with Crippen LogP contribution >= 0.6 is 0 Å². The van der Waals surface area contributed by atoms with Crippen molar-refractivity contribution >= 4 is 16.9 Å². The summed E-state index contributed by atoms with van der Waals surface area (Å²) in [5.74, 6) is 1.27. The molecule has 0 radical (unpaired) electrons. The third-order valence-electron chi connectivity index (χ3n) is 4.74. The normalized spacial score (nSPS) is 15.1. The Hall–Kier alpha value is -3.13. The van der Waals surface area contributed by atoms with Crippen molar-refractivity contribution in [1.82, 2.24) is 15.0 Å². The van der Waals surface area contributed by atoms with Crippen LogP contribution in [0.1, 0.15) is 11.5 Å². The van der Waals surface area contributed by atoms with Gasteiger partial charge in [0.05, 0.1) is 12.2 Å². The van der Waals surface area contributed by atoms with Gasteiger partial charge in [0, 0.05) is 49.8 Å². The van der Waals surface area contributed by atoms with Crippen LogP contribution in [0.15, 0.2) is 50.1 Å². The van der Waals surface area contributed by atoms with Gasteiger partial charge in [-0.1, -0.05) is 5.16 Å². The molecule has 8 heteroatoms. The first-order valence-corrected chi connectivity index (χ1v) is 9.16. The lowest BCUT2D eigenvalue weighted by molar-refractivity contribution is -0.135. The molecular formula is C20H21N3O5. The Morgan fingerprint density at radius 1 is 1.14 bits per heavy atom. The molecule has 0 saturated carbocycles. The summed E-state index contributed by atoms with van der Waals surface area (Å²) < 4.78 is 16.0. The smallest absolute Gasteiger partial charge is 0.336 e. The van der Waals surface area contributed by atoms with Gasteiger partial charge >= 0.3 is 5.63 Å². The number of carbonyl (C=O) groups excluding carboxylic acids is 1. The number of hydrogen-bond acceptors (Lipinski definition) is 7. The van der Waals surface area contributed by atoms with Crippen LogP contribution in [0.5, 0.6) is 5.75 Å². The Labute approximate surface area is 161 Å². The second-order valence-corrected chi connectivity index (χ2v) is 6.83. The number of ether oxygens (including phenoxy) is 1. The molecule has 28 heavy (non-hydrogen) atoms. The monoisotopic (exact) mass is 383 g/mol. The van der Waals surface area contributed by atoms with Crippen LogP contribution in [-0.4, -0.2) is 53.6 Å². The van der Waals surface area contributed by atoms with Crippen molar-refractivity contribution in [1.29, 1.82) is 0 Å². The molecule has 0 bridgehead atoms. The van der Waals surface area contributed by atoms with Gasteiger partial charge in [-0.05, 0) is 25.1 Å². The molecule has 3 heterocycles. The molecule has 3 aromatic rings. The van der Waals surface area contributed by atoms with E-state index in [-0.39, 0.29) is 12.5 Å². The van der Waals surface area contributed by atoms with Crippen LogP contribution < -0.4 is 10.4 Å². The first kappa shape index (κ1) is 18.2. The van der Waals surface area contributed by atoms with E-state index < -0.39 is 5.63 Å². The number of amides is 1. The van der Waals surface area contributed by atoms with Gasteiger partial charge in [-0.25, -0.2) is 4.79 Å². The van der Waals surface area contributed by atoms with Crippen LogP contribution in [0, 0.1) is 6.92 Å². The minimum atomic E-state index is -0.418. The van der Waals surface area contributed by atoms with Crippen molar-refractivity contribution in [3.8, 4) is 5.75 Å². The van der Waals surface area contributed by atoms with Gasteiger partial charge in [0.25, 0.3) is 5.91 Å². The Morgan fingerprint density at radius 3 is 2.68 bits per heavy atom. The van der Waals surface area contributed by atoms with Crippen LogP contribution in [0.3, 0.4) is 0 Å². The zero-order valence-corrected chi connectivity index (χ0v) is 15.6. The van der Waals surface area contributed by atoms with Crippen molar-refractivity contribution in [2.45, 2.75) is 13.5 Å². The summed E-state index contributed by atoms with van der Waals surface area (Å²) in [6, 6.07) is 10.2. The van der Waals surface area contributed by atoms with Gasteiger partial charge in [-0.15, -0.1) is 0 Å². The first-order valence-electron chi connectivity index (χ1n) is 9.16. The molecule has 0 atom stereocenters. The molecule has 1 aromatic carbocycles. The van der Waals surface area contributed by atoms with E-state index in [9.17, 15) is 9.59 Å². The molecule has 2 aromatic heterocycles. The molecule has 0 aliphatic carbocycles. The molecule has 1 amide bonds. The summed E-state index contributed by atoms with van der Waals surface area (Å²) in [4.78, 5) is 27.8. The van der Waals surface area contributed by atoms with Gasteiger partial charge in [-0.2, -0.15) is 0 Å². The summed E-state index contributed by atoms with van der Waals surface area (Å²) in [5, 5.41) is 4.70. The van der Waals surface area contributed by atoms with Crippen molar-refractivity contribution in [3.05, 3.63) is 58.3 Å². The van der Waals surface area contributed by atoms with Crippen molar-refractivity contribution in [2.24, 2.45) is 0 Å². The topological polar surface area (TPSA) is 89.0 Å². The lowest BCUT2D eigenvalue weighted by Crippen LogP contribution is -2.49. The fourth-order valence-electron chi connectivity index (χ4n) is 3.23. The van der Waals surface area contributed by atoms with E-state index >= 15 is 0 Å². The van der Waals surface area contributed by atoms with Crippen LogP contribution in [0.4, 0.5) is 0 Å². The molecule has 1 aliphatic heterocycles. The molecule has 0 spiro atoms. The van der Waals surface area contributed by atoms with Crippen LogP contribution in [0.2, 0.25) is 0 Å². The van der Waals surface area contributed by atoms with Crippen LogP contribution in [0.25, 0.3) is 11.0 Å². The van der Waals surface area contributed by atoms with Gasteiger partial charge in [0.2, 0.25) is 0 Å². The summed E-state index contributed by atoms with van der Waals surface area (Å²) in [6.07, 6.45) is 0. The molecular weight excluding hydrogens is 362 g/mol. The predicted molar refractivity (Wildman–Crippen MR) is 101 cm³/mol. The Balaban J connectivity index is 1.28. The highest BCUT2D eigenvalue weighted by molar-refractivity contribution is 5.79. The maximum absolute atomic E-state index is 12.4. The van der Waals surface area contributed by atoms with Gasteiger partial charge < -0.3 is 18.6 Å². The number of fused-ring (bicyclic) bond motifs is 1. The van der Waals surface area contributed by atoms with E-state index in [1.165, 1.54) is 6.07 Å². The van der Waals surface area contributed by atoms with Gasteiger partial charge in [0.1, 0.15) is 11.3 Å². The van der Waals surface area contributed by atoms with Gasteiger partial charge in [-0.3, -0.25) is 9.69 Å². The Kier molecular flexibility index (Phi) is 5.12. The quantitative estimate of drug-likeness (QED) is 0.621. The van der Waals surface area contributed by atoms with Crippen molar-refractivity contribution in [2.75, 3.05) is 32.8 Å². The first-order chi connectivity index (χ1) is 13.6. The fraction of sp³-hybridized carbons (Fsp3) is 0.350. The largest absolute Gasteiger partial charge is 0.484 e. The number of rotatable bonds is 5. The molecule has 1 fully saturated rings. The second kappa shape index (κ2) is 7.85. The fourth-order valence-corrected chi connectivity index (χ4v) is 3.23. The molecule has 0 unspecified atom stereocenters. The third kappa shape index (κ3) is 4.23. The minimum Gasteiger partial charge on any atom is -0.484 e. The maximum atomic E-state index is 12.4. The Bertz CT molecular complexity index is 1030. The number of nitrogens with zero attached hydrogens (tertiary/aromatic N) is 3. The summed E-state index contributed by atoms with van der Waals surface area (Å²) in [6.45, 7) is 5.36. The van der Waals surface area contributed by atoms with Crippen molar-refractivity contribution < 1.29 is 18.5 Å². The number of carbonyl (C=O) groups is 1. The highest BCUT2D eigenvalue weighted by Crippen LogP contribution is 2.19. The van der Waals surface area contributed by atoms with Crippen LogP contribution in [-0.2, 0) is 11.3 Å². The van der Waals surface area contributed by atoms with Crippen molar-refractivity contribution in [3.63, 3.8) is 0 Å². The lowest BCUT2D eigenvalue weighted by atomic mass is 10.2. The molecule has 1 aliphatic rings. The second-order valence-electron chi connectivity index (χ2n) is 6.83. The van der Waals surface area contributed by atoms with E-state index in [2.05, 4.69) is 10.1 Å². The SMILES string of the molecule is Cc1cc(CN2CCN(C(=O)COc3ccc4ccc(=O)oc4c3)CC2)on1. The molecule has 8 nitrogen and oxygen atoms in total. The molecule has 146 valence electrons. The van der Waals surface area contributed by atoms with E-state index in [1.54, 1.807) is 29.2 Å². The average molecular weight is 383 g/mol. The summed E-state index contributed by atoms with van der Waals surface area (Å²) in [5.41, 5.74) is 0.890. The molecule has 0 N–H and O–H groups in total. The minimum absolute atomic E-state index is 0.0517. The zero-order chi connectivity index (χ0) is 19.5. The maximum Gasteiger partial charge on any atom is 0.336 e. The Morgan fingerprint density at radius 2 is 1.93 bits per heavy atom. The number of hydrogen-bond donors (Lipinski definition) is 0. The summed E-state index contributed by atoms with van der Waals surface area (Å²) in [7, 11) is 0. The van der Waals surface area contributed by atoms with E-state index in [1.807, 2.05) is 13.0 Å². The highest BCUT2D eigenvalue weighted by Gasteiger charge is 2.22. The predicted octanol–water partition coefficient (Wildman–Crippen LogP) is 1.81. The number of benzene rings is 1. The molecule has 4 rings (SSSR count). The van der Waals surface area contributed by atoms with E-state index in [0.717, 1.165) is 29.9 Å². The molecule has 1 saturated heterocycles. The van der Waals surface area contributed by atoms with E-state index in [4.69, 9.17) is 13.7 Å². The zero-order valence-electron chi connectivity index (χ0n) is 15.6. The van der Waals surface area contributed by atoms with E-state index in [0.29, 0.717) is 31.0 Å². The standard InChI is InChI=1S/C20H21N3O5/c1-14-10-17(28-21-14)12-22-6-8-23(9-7-22)19(24)13-26-16-4-2-15-3-5-20(25)27-18(15)11-16/h2-5,10-11H,6-9,12-13H2,1H3.